The van der Waals surface area contributed by atoms with E-state index in [0.29, 0.717) is 10.6 Å². The SMILES string of the molecule is COC(=O)/C(F)=C/c1ccccc1Cl. The summed E-state index contributed by atoms with van der Waals surface area (Å²) in [6, 6.07) is 6.63. The van der Waals surface area contributed by atoms with Crippen LogP contribution in [-0.2, 0) is 9.53 Å². The molecule has 0 fully saturated rings. The average molecular weight is 215 g/mol. The van der Waals surface area contributed by atoms with Crippen molar-refractivity contribution in [3.63, 3.8) is 0 Å². The average Bonchev–Trinajstić information content (AvgIpc) is 2.20. The summed E-state index contributed by atoms with van der Waals surface area (Å²) in [7, 11) is 1.11. The third-order valence-electron chi connectivity index (χ3n) is 1.57. The van der Waals surface area contributed by atoms with Gasteiger partial charge in [0.15, 0.2) is 0 Å². The van der Waals surface area contributed by atoms with Gasteiger partial charge in [-0.15, -0.1) is 0 Å². The zero-order valence-corrected chi connectivity index (χ0v) is 8.22. The Morgan fingerprint density at radius 1 is 1.50 bits per heavy atom. The molecule has 0 aromatic heterocycles. The topological polar surface area (TPSA) is 26.3 Å². The standard InChI is InChI=1S/C10H8ClFO2/c1-14-10(13)9(12)6-7-4-2-3-5-8(7)11/h2-6H,1H3/b9-6-. The maximum Gasteiger partial charge on any atom is 0.366 e. The summed E-state index contributed by atoms with van der Waals surface area (Å²) >= 11 is 5.75. The lowest BCUT2D eigenvalue weighted by atomic mass is 10.2. The molecule has 0 heterocycles. The van der Waals surface area contributed by atoms with Crippen LogP contribution < -0.4 is 0 Å². The normalized spacial score (nSPS) is 11.2. The molecule has 0 unspecified atom stereocenters. The maximum atomic E-state index is 13.0. The van der Waals surface area contributed by atoms with Gasteiger partial charge in [0.05, 0.1) is 7.11 Å². The smallest absolute Gasteiger partial charge is 0.366 e. The number of hydrogen-bond donors (Lipinski definition) is 0. The van der Waals surface area contributed by atoms with Crippen molar-refractivity contribution in [1.82, 2.24) is 0 Å². The van der Waals surface area contributed by atoms with Crippen molar-refractivity contribution >= 4 is 23.6 Å². The highest BCUT2D eigenvalue weighted by Gasteiger charge is 2.08. The van der Waals surface area contributed by atoms with Gasteiger partial charge in [0.1, 0.15) is 0 Å². The molecule has 2 nitrogen and oxygen atoms in total. The van der Waals surface area contributed by atoms with Crippen LogP contribution >= 0.6 is 11.6 Å². The molecule has 0 saturated carbocycles. The Kier molecular flexibility index (Phi) is 3.65. The van der Waals surface area contributed by atoms with E-state index in [-0.39, 0.29) is 0 Å². The third kappa shape index (κ3) is 2.57. The van der Waals surface area contributed by atoms with Gasteiger partial charge in [-0.25, -0.2) is 4.79 Å². The van der Waals surface area contributed by atoms with E-state index in [1.54, 1.807) is 24.3 Å². The molecule has 0 aliphatic carbocycles. The second-order valence-corrected chi connectivity index (χ2v) is 2.91. The van der Waals surface area contributed by atoms with Gasteiger partial charge in [0, 0.05) is 5.02 Å². The molecule has 1 aromatic carbocycles. The second kappa shape index (κ2) is 4.77. The van der Waals surface area contributed by atoms with E-state index >= 15 is 0 Å². The zero-order valence-electron chi connectivity index (χ0n) is 7.46. The highest BCUT2D eigenvalue weighted by molar-refractivity contribution is 6.32. The van der Waals surface area contributed by atoms with Crippen molar-refractivity contribution < 1.29 is 13.9 Å². The maximum absolute atomic E-state index is 13.0. The van der Waals surface area contributed by atoms with Crippen LogP contribution in [0.3, 0.4) is 0 Å². The number of hydrogen-bond acceptors (Lipinski definition) is 2. The molecule has 0 radical (unpaired) electrons. The molecule has 74 valence electrons. The van der Waals surface area contributed by atoms with Crippen molar-refractivity contribution in [1.29, 1.82) is 0 Å². The summed E-state index contributed by atoms with van der Waals surface area (Å²) in [6.45, 7) is 0. The predicted octanol–water partition coefficient (Wildman–Crippen LogP) is 2.82. The van der Waals surface area contributed by atoms with Crippen LogP contribution in [0.4, 0.5) is 4.39 Å². The predicted molar refractivity (Wildman–Crippen MR) is 52.6 cm³/mol. The molecule has 0 atom stereocenters. The number of halogens is 2. The molecular weight excluding hydrogens is 207 g/mol. The Morgan fingerprint density at radius 2 is 2.14 bits per heavy atom. The van der Waals surface area contributed by atoms with Crippen molar-refractivity contribution in [2.45, 2.75) is 0 Å². The van der Waals surface area contributed by atoms with E-state index in [1.807, 2.05) is 0 Å². The first-order valence-corrected chi connectivity index (χ1v) is 4.23. The number of carbonyl (C=O) groups excluding carboxylic acids is 1. The number of carbonyl (C=O) groups is 1. The Hall–Kier alpha value is -1.35. The van der Waals surface area contributed by atoms with E-state index in [2.05, 4.69) is 4.74 Å². The van der Waals surface area contributed by atoms with Gasteiger partial charge in [0.2, 0.25) is 5.83 Å². The van der Waals surface area contributed by atoms with Crippen molar-refractivity contribution in [2.24, 2.45) is 0 Å². The Balaban J connectivity index is 2.97. The van der Waals surface area contributed by atoms with E-state index < -0.39 is 11.8 Å². The van der Waals surface area contributed by atoms with E-state index in [9.17, 15) is 9.18 Å². The van der Waals surface area contributed by atoms with Gasteiger partial charge in [-0.3, -0.25) is 0 Å². The largest absolute Gasteiger partial charge is 0.464 e. The number of benzene rings is 1. The fraction of sp³-hybridized carbons (Fsp3) is 0.100. The fourth-order valence-corrected chi connectivity index (χ4v) is 1.08. The molecule has 0 bridgehead atoms. The van der Waals surface area contributed by atoms with Crippen LogP contribution in [0, 0.1) is 0 Å². The molecule has 0 N–H and O–H groups in total. The lowest BCUT2D eigenvalue weighted by Crippen LogP contribution is -1.99. The van der Waals surface area contributed by atoms with Gasteiger partial charge in [0.25, 0.3) is 0 Å². The van der Waals surface area contributed by atoms with E-state index in [1.165, 1.54) is 0 Å². The summed E-state index contributed by atoms with van der Waals surface area (Å²) in [4.78, 5) is 10.7. The van der Waals surface area contributed by atoms with Gasteiger partial charge < -0.3 is 4.74 Å². The van der Waals surface area contributed by atoms with Gasteiger partial charge >= 0.3 is 5.97 Å². The minimum atomic E-state index is -1.01. The highest BCUT2D eigenvalue weighted by atomic mass is 35.5. The number of esters is 1. The fourth-order valence-electron chi connectivity index (χ4n) is 0.885. The minimum absolute atomic E-state index is 0.381. The summed E-state index contributed by atoms with van der Waals surface area (Å²) in [5.74, 6) is -1.98. The summed E-state index contributed by atoms with van der Waals surface area (Å²) in [5, 5.41) is 0.381. The third-order valence-corrected chi connectivity index (χ3v) is 1.91. The minimum Gasteiger partial charge on any atom is -0.464 e. The molecule has 4 heteroatoms. The quantitative estimate of drug-likeness (QED) is 0.559. The van der Waals surface area contributed by atoms with E-state index in [4.69, 9.17) is 11.6 Å². The molecule has 14 heavy (non-hydrogen) atoms. The molecular formula is C10H8ClFO2. The molecule has 1 aromatic rings. The number of ether oxygens (including phenoxy) is 1. The van der Waals surface area contributed by atoms with Crippen LogP contribution in [-0.4, -0.2) is 13.1 Å². The van der Waals surface area contributed by atoms with Gasteiger partial charge in [-0.1, -0.05) is 29.8 Å². The zero-order chi connectivity index (χ0) is 10.6. The highest BCUT2D eigenvalue weighted by Crippen LogP contribution is 2.18. The first-order valence-electron chi connectivity index (χ1n) is 3.85. The van der Waals surface area contributed by atoms with Crippen LogP contribution in [0.25, 0.3) is 6.08 Å². The molecule has 0 amide bonds. The van der Waals surface area contributed by atoms with Crippen molar-refractivity contribution in [2.75, 3.05) is 7.11 Å². The molecule has 0 saturated heterocycles. The first-order chi connectivity index (χ1) is 6.65. The molecule has 0 aliphatic rings. The van der Waals surface area contributed by atoms with Crippen LogP contribution in [0.15, 0.2) is 30.1 Å². The molecule has 0 spiro atoms. The van der Waals surface area contributed by atoms with Crippen LogP contribution in [0.2, 0.25) is 5.02 Å². The second-order valence-electron chi connectivity index (χ2n) is 2.51. The first kappa shape index (κ1) is 10.7. The monoisotopic (exact) mass is 214 g/mol. The lowest BCUT2D eigenvalue weighted by molar-refractivity contribution is -0.137. The van der Waals surface area contributed by atoms with Crippen LogP contribution in [0.5, 0.6) is 0 Å². The van der Waals surface area contributed by atoms with Gasteiger partial charge in [-0.05, 0) is 17.7 Å². The summed E-state index contributed by atoms with van der Waals surface area (Å²) in [6.07, 6.45) is 1.04. The molecule has 1 rings (SSSR count). The summed E-state index contributed by atoms with van der Waals surface area (Å²) in [5.41, 5.74) is 0.442. The number of rotatable bonds is 2. The summed E-state index contributed by atoms with van der Waals surface area (Å²) < 4.78 is 17.2. The van der Waals surface area contributed by atoms with E-state index in [0.717, 1.165) is 13.2 Å². The van der Waals surface area contributed by atoms with Crippen molar-refractivity contribution in [3.8, 4) is 0 Å². The lowest BCUT2D eigenvalue weighted by Gasteiger charge is -1.98. The Morgan fingerprint density at radius 3 is 2.71 bits per heavy atom. The Labute approximate surface area is 85.9 Å². The van der Waals surface area contributed by atoms with Crippen molar-refractivity contribution in [3.05, 3.63) is 40.7 Å². The Bertz CT molecular complexity index is 374. The molecule has 0 aliphatic heterocycles. The van der Waals surface area contributed by atoms with Gasteiger partial charge in [-0.2, -0.15) is 4.39 Å². The number of methoxy groups -OCH3 is 1. The van der Waals surface area contributed by atoms with Crippen LogP contribution in [0.1, 0.15) is 5.56 Å².